The standard InChI is InChI=1S/C16H32N2O/c1-3-5-6-7-8-9-10-11-12-13-15-18-16(19)17-14-4-2/h4H,2-3,5-15H2,1H3,(H2,17,18,19). The maximum atomic E-state index is 11.2. The van der Waals surface area contributed by atoms with E-state index in [9.17, 15) is 4.79 Å². The number of rotatable bonds is 13. The molecule has 2 N–H and O–H groups in total. The Kier molecular flexibility index (Phi) is 14.3. The number of urea groups is 1. The molecule has 0 aliphatic rings. The summed E-state index contributed by atoms with van der Waals surface area (Å²) in [5.41, 5.74) is 0. The van der Waals surface area contributed by atoms with E-state index in [1.165, 1.54) is 57.8 Å². The zero-order valence-corrected chi connectivity index (χ0v) is 12.7. The van der Waals surface area contributed by atoms with Crippen molar-refractivity contribution < 1.29 is 4.79 Å². The molecule has 0 atom stereocenters. The van der Waals surface area contributed by atoms with Gasteiger partial charge in [0.1, 0.15) is 0 Å². The van der Waals surface area contributed by atoms with Crippen LogP contribution in [0.25, 0.3) is 0 Å². The van der Waals surface area contributed by atoms with Crippen LogP contribution < -0.4 is 10.6 Å². The lowest BCUT2D eigenvalue weighted by atomic mass is 10.1. The summed E-state index contributed by atoms with van der Waals surface area (Å²) >= 11 is 0. The van der Waals surface area contributed by atoms with E-state index in [2.05, 4.69) is 24.1 Å². The molecule has 112 valence electrons. The zero-order valence-electron chi connectivity index (χ0n) is 12.7. The molecular weight excluding hydrogens is 236 g/mol. The number of carbonyl (C=O) groups excluding carboxylic acids is 1. The summed E-state index contributed by atoms with van der Waals surface area (Å²) in [5, 5.41) is 5.54. The number of nitrogens with one attached hydrogen (secondary N) is 2. The first-order valence-electron chi connectivity index (χ1n) is 7.93. The highest BCUT2D eigenvalue weighted by Crippen LogP contribution is 2.10. The minimum atomic E-state index is -0.0872. The van der Waals surface area contributed by atoms with Crippen molar-refractivity contribution >= 4 is 6.03 Å². The van der Waals surface area contributed by atoms with Gasteiger partial charge in [-0.05, 0) is 6.42 Å². The normalized spacial score (nSPS) is 10.2. The molecule has 0 saturated heterocycles. The molecule has 0 rings (SSSR count). The molecule has 0 spiro atoms. The fourth-order valence-electron chi connectivity index (χ4n) is 2.04. The van der Waals surface area contributed by atoms with Crippen molar-refractivity contribution in [3.63, 3.8) is 0 Å². The number of carbonyl (C=O) groups is 1. The van der Waals surface area contributed by atoms with Crippen molar-refractivity contribution in [1.29, 1.82) is 0 Å². The third-order valence-electron chi connectivity index (χ3n) is 3.22. The van der Waals surface area contributed by atoms with Crippen LogP contribution in [0, 0.1) is 0 Å². The molecule has 0 aliphatic heterocycles. The van der Waals surface area contributed by atoms with Gasteiger partial charge in [-0.25, -0.2) is 4.79 Å². The summed E-state index contributed by atoms with van der Waals surface area (Å²) in [5.74, 6) is 0. The zero-order chi connectivity index (χ0) is 14.2. The van der Waals surface area contributed by atoms with Gasteiger partial charge < -0.3 is 10.6 Å². The van der Waals surface area contributed by atoms with Crippen molar-refractivity contribution in [3.8, 4) is 0 Å². The highest BCUT2D eigenvalue weighted by Gasteiger charge is 1.96. The number of unbranched alkanes of at least 4 members (excludes halogenated alkanes) is 9. The molecule has 2 amide bonds. The summed E-state index contributed by atoms with van der Waals surface area (Å²) < 4.78 is 0. The fourth-order valence-corrected chi connectivity index (χ4v) is 2.04. The van der Waals surface area contributed by atoms with Crippen molar-refractivity contribution in [3.05, 3.63) is 12.7 Å². The summed E-state index contributed by atoms with van der Waals surface area (Å²) in [6.07, 6.45) is 14.9. The molecule has 0 radical (unpaired) electrons. The van der Waals surface area contributed by atoms with Gasteiger partial charge in [0.15, 0.2) is 0 Å². The van der Waals surface area contributed by atoms with Gasteiger partial charge in [0.2, 0.25) is 0 Å². The fraction of sp³-hybridized carbons (Fsp3) is 0.812. The number of hydrogen-bond donors (Lipinski definition) is 2. The average Bonchev–Trinajstić information content (AvgIpc) is 2.42. The highest BCUT2D eigenvalue weighted by molar-refractivity contribution is 5.73. The molecule has 3 nitrogen and oxygen atoms in total. The molecule has 0 unspecified atom stereocenters. The average molecular weight is 268 g/mol. The van der Waals surface area contributed by atoms with E-state index in [0.717, 1.165) is 13.0 Å². The van der Waals surface area contributed by atoms with E-state index in [4.69, 9.17) is 0 Å². The molecule has 0 fully saturated rings. The predicted molar refractivity (Wildman–Crippen MR) is 83.4 cm³/mol. The van der Waals surface area contributed by atoms with E-state index in [-0.39, 0.29) is 6.03 Å². The maximum absolute atomic E-state index is 11.2. The summed E-state index contributed by atoms with van der Waals surface area (Å²) in [7, 11) is 0. The van der Waals surface area contributed by atoms with Gasteiger partial charge in [-0.15, -0.1) is 6.58 Å². The Morgan fingerprint density at radius 2 is 1.42 bits per heavy atom. The quantitative estimate of drug-likeness (QED) is 0.377. The van der Waals surface area contributed by atoms with Crippen LogP contribution in [-0.2, 0) is 0 Å². The lowest BCUT2D eigenvalue weighted by Crippen LogP contribution is -2.35. The molecule has 0 aromatic carbocycles. The van der Waals surface area contributed by atoms with Gasteiger partial charge in [-0.2, -0.15) is 0 Å². The van der Waals surface area contributed by atoms with Crippen LogP contribution in [0.15, 0.2) is 12.7 Å². The van der Waals surface area contributed by atoms with Crippen LogP contribution in [0.3, 0.4) is 0 Å². The van der Waals surface area contributed by atoms with Gasteiger partial charge in [0.25, 0.3) is 0 Å². The van der Waals surface area contributed by atoms with Crippen LogP contribution in [0.2, 0.25) is 0 Å². The van der Waals surface area contributed by atoms with Crippen LogP contribution in [0.5, 0.6) is 0 Å². The van der Waals surface area contributed by atoms with E-state index >= 15 is 0 Å². The molecule has 0 saturated carbocycles. The Morgan fingerprint density at radius 3 is 1.95 bits per heavy atom. The van der Waals surface area contributed by atoms with E-state index in [1.54, 1.807) is 6.08 Å². The van der Waals surface area contributed by atoms with Crippen molar-refractivity contribution in [1.82, 2.24) is 10.6 Å². The van der Waals surface area contributed by atoms with Crippen LogP contribution in [-0.4, -0.2) is 19.1 Å². The van der Waals surface area contributed by atoms with E-state index in [0.29, 0.717) is 6.54 Å². The molecule has 19 heavy (non-hydrogen) atoms. The predicted octanol–water partition coefficient (Wildman–Crippen LogP) is 4.39. The van der Waals surface area contributed by atoms with Crippen molar-refractivity contribution in [2.75, 3.05) is 13.1 Å². The summed E-state index contributed by atoms with van der Waals surface area (Å²) in [4.78, 5) is 11.2. The Morgan fingerprint density at radius 1 is 0.895 bits per heavy atom. The smallest absolute Gasteiger partial charge is 0.315 e. The third-order valence-corrected chi connectivity index (χ3v) is 3.22. The number of hydrogen-bond acceptors (Lipinski definition) is 1. The van der Waals surface area contributed by atoms with Crippen molar-refractivity contribution in [2.24, 2.45) is 0 Å². The Balaban J connectivity index is 3.06. The van der Waals surface area contributed by atoms with Gasteiger partial charge in [-0.3, -0.25) is 0 Å². The first-order valence-corrected chi connectivity index (χ1v) is 7.93. The Bertz CT molecular complexity index is 217. The molecule has 0 heterocycles. The van der Waals surface area contributed by atoms with Crippen molar-refractivity contribution in [2.45, 2.75) is 71.1 Å². The monoisotopic (exact) mass is 268 g/mol. The largest absolute Gasteiger partial charge is 0.338 e. The maximum Gasteiger partial charge on any atom is 0.315 e. The van der Waals surface area contributed by atoms with Crippen LogP contribution in [0.4, 0.5) is 4.79 Å². The van der Waals surface area contributed by atoms with Gasteiger partial charge in [0.05, 0.1) is 0 Å². The summed E-state index contributed by atoms with van der Waals surface area (Å²) in [6, 6.07) is -0.0872. The molecule has 0 aromatic heterocycles. The molecule has 0 bridgehead atoms. The van der Waals surface area contributed by atoms with Gasteiger partial charge >= 0.3 is 6.03 Å². The Labute approximate surface area is 119 Å². The SMILES string of the molecule is C=CCNC(=O)NCCCCCCCCCCCC. The van der Waals surface area contributed by atoms with E-state index < -0.39 is 0 Å². The van der Waals surface area contributed by atoms with Crippen LogP contribution in [0.1, 0.15) is 71.1 Å². The van der Waals surface area contributed by atoms with E-state index in [1.807, 2.05) is 0 Å². The summed E-state index contributed by atoms with van der Waals surface area (Å²) in [6.45, 7) is 7.12. The molecular formula is C16H32N2O. The topological polar surface area (TPSA) is 41.1 Å². The van der Waals surface area contributed by atoms with Crippen LogP contribution >= 0.6 is 0 Å². The lowest BCUT2D eigenvalue weighted by Gasteiger charge is -2.05. The molecule has 0 aliphatic carbocycles. The molecule has 0 aromatic rings. The second-order valence-electron chi connectivity index (χ2n) is 5.11. The Hall–Kier alpha value is -0.990. The number of amides is 2. The lowest BCUT2D eigenvalue weighted by molar-refractivity contribution is 0.241. The minimum Gasteiger partial charge on any atom is -0.338 e. The first-order chi connectivity index (χ1) is 9.31. The third kappa shape index (κ3) is 15.0. The molecule has 3 heteroatoms. The highest BCUT2D eigenvalue weighted by atomic mass is 16.2. The second-order valence-corrected chi connectivity index (χ2v) is 5.11. The second kappa shape index (κ2) is 15.1. The van der Waals surface area contributed by atoms with Gasteiger partial charge in [-0.1, -0.05) is 70.8 Å². The first kappa shape index (κ1) is 18.0. The minimum absolute atomic E-state index is 0.0872. The van der Waals surface area contributed by atoms with Gasteiger partial charge in [0, 0.05) is 13.1 Å².